The van der Waals surface area contributed by atoms with Gasteiger partial charge in [0, 0.05) is 6.42 Å². The number of carbonyl (C=O) groups is 3. The maximum atomic E-state index is 10.9. The molecule has 0 radical (unpaired) electrons. The average molecular weight is 168 g/mol. The van der Waals surface area contributed by atoms with Gasteiger partial charge in [0.15, 0.2) is 11.6 Å². The molecule has 1 aliphatic carbocycles. The van der Waals surface area contributed by atoms with E-state index in [1.165, 1.54) is 12.2 Å². The molecule has 0 aromatic rings. The first-order valence-electron chi connectivity index (χ1n) is 3.59. The highest BCUT2D eigenvalue weighted by molar-refractivity contribution is 6.18. The summed E-state index contributed by atoms with van der Waals surface area (Å²) in [6.07, 6.45) is 2.38. The van der Waals surface area contributed by atoms with Crippen molar-refractivity contribution in [1.29, 1.82) is 0 Å². The van der Waals surface area contributed by atoms with E-state index in [2.05, 4.69) is 0 Å². The van der Waals surface area contributed by atoms with Crippen LogP contribution in [-0.2, 0) is 14.4 Å². The Morgan fingerprint density at radius 1 is 1.33 bits per heavy atom. The summed E-state index contributed by atoms with van der Waals surface area (Å²) in [5, 5.41) is 8.30. The fourth-order valence-corrected chi connectivity index (χ4v) is 1.09. The van der Waals surface area contributed by atoms with Crippen molar-refractivity contribution < 1.29 is 19.5 Å². The molecule has 1 aliphatic rings. The number of ketones is 2. The Labute approximate surface area is 68.9 Å². The molecule has 0 aromatic heterocycles. The van der Waals surface area contributed by atoms with Crippen LogP contribution in [-0.4, -0.2) is 22.6 Å². The summed E-state index contributed by atoms with van der Waals surface area (Å²) in [7, 11) is 0. The van der Waals surface area contributed by atoms with E-state index in [0.717, 1.165) is 0 Å². The van der Waals surface area contributed by atoms with Crippen LogP contribution in [0, 0.1) is 5.92 Å². The first-order valence-corrected chi connectivity index (χ1v) is 3.59. The third-order valence-corrected chi connectivity index (χ3v) is 1.75. The van der Waals surface area contributed by atoms with Crippen LogP contribution in [0.25, 0.3) is 0 Å². The van der Waals surface area contributed by atoms with Gasteiger partial charge in [-0.05, 0) is 18.6 Å². The standard InChI is InChI=1S/C8H8O4/c9-6-2-3-7(10)5(6)1-4-8(11)12/h2-3,5H,1,4H2,(H,11,12). The largest absolute Gasteiger partial charge is 0.481 e. The zero-order valence-electron chi connectivity index (χ0n) is 6.32. The Morgan fingerprint density at radius 3 is 2.25 bits per heavy atom. The molecule has 1 N–H and O–H groups in total. The molecule has 0 aromatic carbocycles. The van der Waals surface area contributed by atoms with Crippen molar-refractivity contribution in [2.75, 3.05) is 0 Å². The number of hydrogen-bond donors (Lipinski definition) is 1. The predicted octanol–water partition coefficient (Wildman–Crippen LogP) is 0.175. The van der Waals surface area contributed by atoms with E-state index in [1.54, 1.807) is 0 Å². The first-order chi connectivity index (χ1) is 5.61. The number of allylic oxidation sites excluding steroid dienone is 2. The molecule has 0 spiro atoms. The summed E-state index contributed by atoms with van der Waals surface area (Å²) in [4.78, 5) is 31.9. The van der Waals surface area contributed by atoms with Crippen LogP contribution in [0.2, 0.25) is 0 Å². The smallest absolute Gasteiger partial charge is 0.303 e. The zero-order chi connectivity index (χ0) is 9.14. The van der Waals surface area contributed by atoms with Gasteiger partial charge in [-0.1, -0.05) is 0 Å². The van der Waals surface area contributed by atoms with Gasteiger partial charge in [0.05, 0.1) is 5.92 Å². The van der Waals surface area contributed by atoms with Gasteiger partial charge in [-0.2, -0.15) is 0 Å². The fraction of sp³-hybridized carbons (Fsp3) is 0.375. The van der Waals surface area contributed by atoms with Crippen molar-refractivity contribution in [3.05, 3.63) is 12.2 Å². The minimum absolute atomic E-state index is 0.111. The molecule has 0 saturated heterocycles. The van der Waals surface area contributed by atoms with E-state index in [9.17, 15) is 14.4 Å². The molecule has 64 valence electrons. The summed E-state index contributed by atoms with van der Waals surface area (Å²) >= 11 is 0. The predicted molar refractivity (Wildman–Crippen MR) is 39.5 cm³/mol. The zero-order valence-corrected chi connectivity index (χ0v) is 6.32. The molecule has 0 aliphatic heterocycles. The monoisotopic (exact) mass is 168 g/mol. The van der Waals surface area contributed by atoms with Crippen LogP contribution < -0.4 is 0 Å². The van der Waals surface area contributed by atoms with Crippen LogP contribution in [0.1, 0.15) is 12.8 Å². The summed E-state index contributed by atoms with van der Waals surface area (Å²) in [6.45, 7) is 0. The van der Waals surface area contributed by atoms with Crippen molar-refractivity contribution >= 4 is 17.5 Å². The minimum atomic E-state index is -0.984. The number of carboxylic acid groups (broad SMARTS) is 1. The highest BCUT2D eigenvalue weighted by Gasteiger charge is 2.27. The van der Waals surface area contributed by atoms with E-state index in [-0.39, 0.29) is 24.4 Å². The van der Waals surface area contributed by atoms with Crippen molar-refractivity contribution in [3.8, 4) is 0 Å². The summed E-state index contributed by atoms with van der Waals surface area (Å²) in [6, 6.07) is 0. The van der Waals surface area contributed by atoms with Crippen LogP contribution in [0.15, 0.2) is 12.2 Å². The van der Waals surface area contributed by atoms with E-state index in [0.29, 0.717) is 0 Å². The van der Waals surface area contributed by atoms with Crippen LogP contribution >= 0.6 is 0 Å². The van der Waals surface area contributed by atoms with Gasteiger partial charge < -0.3 is 5.11 Å². The van der Waals surface area contributed by atoms with Crippen LogP contribution in [0.3, 0.4) is 0 Å². The number of carboxylic acids is 1. The molecule has 0 atom stereocenters. The first kappa shape index (κ1) is 8.64. The lowest BCUT2D eigenvalue weighted by Crippen LogP contribution is -2.16. The summed E-state index contributed by atoms with van der Waals surface area (Å²) in [5.41, 5.74) is 0. The normalized spacial score (nSPS) is 17.3. The molecular weight excluding hydrogens is 160 g/mol. The van der Waals surface area contributed by atoms with Gasteiger partial charge in [-0.15, -0.1) is 0 Å². The van der Waals surface area contributed by atoms with Crippen molar-refractivity contribution in [2.45, 2.75) is 12.8 Å². The highest BCUT2D eigenvalue weighted by Crippen LogP contribution is 2.16. The van der Waals surface area contributed by atoms with Crippen LogP contribution in [0.4, 0.5) is 0 Å². The van der Waals surface area contributed by atoms with E-state index in [4.69, 9.17) is 5.11 Å². The fourth-order valence-electron chi connectivity index (χ4n) is 1.09. The van der Waals surface area contributed by atoms with Gasteiger partial charge in [-0.3, -0.25) is 14.4 Å². The van der Waals surface area contributed by atoms with Crippen LogP contribution in [0.5, 0.6) is 0 Å². The highest BCUT2D eigenvalue weighted by atomic mass is 16.4. The topological polar surface area (TPSA) is 71.4 Å². The average Bonchev–Trinajstić information content (AvgIpc) is 2.28. The van der Waals surface area contributed by atoms with Crippen molar-refractivity contribution in [2.24, 2.45) is 5.92 Å². The maximum absolute atomic E-state index is 10.9. The summed E-state index contributed by atoms with van der Waals surface area (Å²) < 4.78 is 0. The molecule has 4 nitrogen and oxygen atoms in total. The Balaban J connectivity index is 2.48. The molecule has 0 bridgehead atoms. The van der Waals surface area contributed by atoms with Crippen molar-refractivity contribution in [1.82, 2.24) is 0 Å². The molecule has 0 amide bonds. The number of aliphatic carboxylic acids is 1. The van der Waals surface area contributed by atoms with E-state index >= 15 is 0 Å². The Hall–Kier alpha value is -1.45. The second-order valence-electron chi connectivity index (χ2n) is 2.62. The quantitative estimate of drug-likeness (QED) is 0.610. The number of carbonyl (C=O) groups excluding carboxylic acids is 2. The van der Waals surface area contributed by atoms with E-state index < -0.39 is 11.9 Å². The molecule has 0 unspecified atom stereocenters. The Morgan fingerprint density at radius 2 is 1.83 bits per heavy atom. The van der Waals surface area contributed by atoms with Gasteiger partial charge >= 0.3 is 5.97 Å². The molecule has 0 saturated carbocycles. The Bertz CT molecular complexity index is 246. The lowest BCUT2D eigenvalue weighted by Gasteiger charge is -2.02. The molecular formula is C8H8O4. The molecule has 12 heavy (non-hydrogen) atoms. The Kier molecular flexibility index (Phi) is 2.38. The number of hydrogen-bond acceptors (Lipinski definition) is 3. The molecule has 1 rings (SSSR count). The SMILES string of the molecule is O=C(O)CCC1C(=O)C=CC1=O. The second kappa shape index (κ2) is 3.30. The van der Waals surface area contributed by atoms with Gasteiger partial charge in [0.1, 0.15) is 0 Å². The summed E-state index contributed by atoms with van der Waals surface area (Å²) in [5.74, 6) is -2.27. The third kappa shape index (κ3) is 1.78. The van der Waals surface area contributed by atoms with E-state index in [1.807, 2.05) is 0 Å². The molecule has 0 heterocycles. The lowest BCUT2D eigenvalue weighted by atomic mass is 9.99. The van der Waals surface area contributed by atoms with Gasteiger partial charge in [-0.25, -0.2) is 0 Å². The maximum Gasteiger partial charge on any atom is 0.303 e. The van der Waals surface area contributed by atoms with Gasteiger partial charge in [0.2, 0.25) is 0 Å². The van der Waals surface area contributed by atoms with Gasteiger partial charge in [0.25, 0.3) is 0 Å². The molecule has 0 fully saturated rings. The lowest BCUT2D eigenvalue weighted by molar-refractivity contribution is -0.137. The third-order valence-electron chi connectivity index (χ3n) is 1.75. The molecule has 4 heteroatoms. The minimum Gasteiger partial charge on any atom is -0.481 e. The number of rotatable bonds is 3. The second-order valence-corrected chi connectivity index (χ2v) is 2.62. The van der Waals surface area contributed by atoms with Crippen molar-refractivity contribution in [3.63, 3.8) is 0 Å².